The highest BCUT2D eigenvalue weighted by molar-refractivity contribution is 6.31. The molecule has 0 bridgehead atoms. The van der Waals surface area contributed by atoms with Crippen molar-refractivity contribution in [3.8, 4) is 0 Å². The quantitative estimate of drug-likeness (QED) is 0.698. The second-order valence-corrected chi connectivity index (χ2v) is 7.46. The molecule has 1 aliphatic heterocycles. The first-order valence-electron chi connectivity index (χ1n) is 9.81. The standard InChI is InChI=1S/C22H27ClFN3O/c1-2-25(17-18-5-3-4-6-21(18)23)12-11-22(28)27-15-13-26(14-16-27)20-9-7-19(24)8-10-20/h3-10H,2,11-17H2,1H3. The van der Waals surface area contributed by atoms with Crippen LogP contribution in [-0.4, -0.2) is 55.0 Å². The van der Waals surface area contributed by atoms with Crippen molar-refractivity contribution >= 4 is 23.2 Å². The van der Waals surface area contributed by atoms with Gasteiger partial charge in [0.25, 0.3) is 0 Å². The fourth-order valence-electron chi connectivity index (χ4n) is 3.49. The van der Waals surface area contributed by atoms with Gasteiger partial charge in [-0.3, -0.25) is 9.69 Å². The molecule has 150 valence electrons. The van der Waals surface area contributed by atoms with Gasteiger partial charge in [-0.15, -0.1) is 0 Å². The Kier molecular flexibility index (Phi) is 7.29. The number of nitrogens with zero attached hydrogens (tertiary/aromatic N) is 3. The molecule has 4 nitrogen and oxygen atoms in total. The lowest BCUT2D eigenvalue weighted by Gasteiger charge is -2.36. The molecule has 0 N–H and O–H groups in total. The predicted octanol–water partition coefficient (Wildman–Crippen LogP) is 4.04. The average molecular weight is 404 g/mol. The second kappa shape index (κ2) is 9.89. The van der Waals surface area contributed by atoms with Gasteiger partial charge in [0.05, 0.1) is 0 Å². The lowest BCUT2D eigenvalue weighted by Crippen LogP contribution is -2.49. The van der Waals surface area contributed by atoms with Crippen molar-refractivity contribution in [3.63, 3.8) is 0 Å². The van der Waals surface area contributed by atoms with Gasteiger partial charge in [0, 0.05) is 56.4 Å². The monoisotopic (exact) mass is 403 g/mol. The highest BCUT2D eigenvalue weighted by Gasteiger charge is 2.21. The van der Waals surface area contributed by atoms with Crippen molar-refractivity contribution in [2.45, 2.75) is 19.9 Å². The molecule has 0 spiro atoms. The number of carbonyl (C=O) groups excluding carboxylic acids is 1. The average Bonchev–Trinajstić information content (AvgIpc) is 2.73. The zero-order valence-corrected chi connectivity index (χ0v) is 17.0. The molecule has 0 unspecified atom stereocenters. The summed E-state index contributed by atoms with van der Waals surface area (Å²) < 4.78 is 13.1. The lowest BCUT2D eigenvalue weighted by atomic mass is 10.2. The SMILES string of the molecule is CCN(CCC(=O)N1CCN(c2ccc(F)cc2)CC1)Cc1ccccc1Cl. The van der Waals surface area contributed by atoms with E-state index in [9.17, 15) is 9.18 Å². The smallest absolute Gasteiger partial charge is 0.223 e. The van der Waals surface area contributed by atoms with E-state index in [0.717, 1.165) is 49.0 Å². The van der Waals surface area contributed by atoms with Gasteiger partial charge in [-0.05, 0) is 42.4 Å². The van der Waals surface area contributed by atoms with Gasteiger partial charge < -0.3 is 9.80 Å². The number of anilines is 1. The Balaban J connectivity index is 1.46. The Labute approximate surface area is 171 Å². The van der Waals surface area contributed by atoms with Gasteiger partial charge in [0.2, 0.25) is 5.91 Å². The molecule has 0 atom stereocenters. The van der Waals surface area contributed by atoms with Crippen LogP contribution < -0.4 is 4.90 Å². The topological polar surface area (TPSA) is 26.8 Å². The third kappa shape index (κ3) is 5.46. The van der Waals surface area contributed by atoms with E-state index >= 15 is 0 Å². The maximum Gasteiger partial charge on any atom is 0.223 e. The Bertz CT molecular complexity index is 776. The van der Waals surface area contributed by atoms with Crippen molar-refractivity contribution in [1.82, 2.24) is 9.80 Å². The van der Waals surface area contributed by atoms with Gasteiger partial charge in [-0.1, -0.05) is 36.7 Å². The molecule has 28 heavy (non-hydrogen) atoms. The van der Waals surface area contributed by atoms with Crippen LogP contribution >= 0.6 is 11.6 Å². The van der Waals surface area contributed by atoms with E-state index in [1.165, 1.54) is 12.1 Å². The minimum absolute atomic E-state index is 0.191. The number of hydrogen-bond acceptors (Lipinski definition) is 3. The van der Waals surface area contributed by atoms with E-state index in [4.69, 9.17) is 11.6 Å². The van der Waals surface area contributed by atoms with Gasteiger partial charge in [0.1, 0.15) is 5.82 Å². The molecular formula is C22H27ClFN3O. The van der Waals surface area contributed by atoms with Gasteiger partial charge in [-0.25, -0.2) is 4.39 Å². The van der Waals surface area contributed by atoms with E-state index in [-0.39, 0.29) is 11.7 Å². The molecule has 2 aromatic rings. The van der Waals surface area contributed by atoms with Crippen molar-refractivity contribution in [2.24, 2.45) is 0 Å². The van der Waals surface area contributed by atoms with Crippen LogP contribution in [0.3, 0.4) is 0 Å². The van der Waals surface area contributed by atoms with Crippen LogP contribution in [0.4, 0.5) is 10.1 Å². The van der Waals surface area contributed by atoms with Crippen LogP contribution in [0.2, 0.25) is 5.02 Å². The predicted molar refractivity (Wildman–Crippen MR) is 112 cm³/mol. The minimum atomic E-state index is -0.227. The zero-order valence-electron chi connectivity index (χ0n) is 16.3. The molecule has 1 aliphatic rings. The zero-order chi connectivity index (χ0) is 19.9. The third-order valence-corrected chi connectivity index (χ3v) is 5.63. The molecule has 3 rings (SSSR count). The lowest BCUT2D eigenvalue weighted by molar-refractivity contribution is -0.131. The number of piperazine rings is 1. The molecule has 1 fully saturated rings. The Morgan fingerprint density at radius 3 is 2.39 bits per heavy atom. The fourth-order valence-corrected chi connectivity index (χ4v) is 3.69. The minimum Gasteiger partial charge on any atom is -0.368 e. The molecule has 1 amide bonds. The van der Waals surface area contributed by atoms with Gasteiger partial charge in [-0.2, -0.15) is 0 Å². The van der Waals surface area contributed by atoms with E-state index in [0.29, 0.717) is 19.5 Å². The number of halogens is 2. The van der Waals surface area contributed by atoms with E-state index < -0.39 is 0 Å². The number of rotatable bonds is 7. The second-order valence-electron chi connectivity index (χ2n) is 7.05. The fraction of sp³-hybridized carbons (Fsp3) is 0.409. The van der Waals surface area contributed by atoms with E-state index in [1.54, 1.807) is 12.1 Å². The molecule has 0 saturated carbocycles. The largest absolute Gasteiger partial charge is 0.368 e. The Morgan fingerprint density at radius 1 is 1.07 bits per heavy atom. The summed E-state index contributed by atoms with van der Waals surface area (Å²) in [6.07, 6.45) is 0.509. The first-order chi connectivity index (χ1) is 13.6. The molecule has 0 aliphatic carbocycles. The normalized spacial score (nSPS) is 14.6. The maximum absolute atomic E-state index is 13.1. The van der Waals surface area contributed by atoms with Gasteiger partial charge in [0.15, 0.2) is 0 Å². The highest BCUT2D eigenvalue weighted by atomic mass is 35.5. The van der Waals surface area contributed by atoms with Crippen molar-refractivity contribution < 1.29 is 9.18 Å². The summed E-state index contributed by atoms with van der Waals surface area (Å²) in [4.78, 5) is 19.0. The Hall–Kier alpha value is -2.11. The molecule has 1 saturated heterocycles. The number of amides is 1. The summed E-state index contributed by atoms with van der Waals surface area (Å²) in [6.45, 7) is 7.39. The van der Waals surface area contributed by atoms with Crippen LogP contribution in [0.15, 0.2) is 48.5 Å². The maximum atomic E-state index is 13.1. The summed E-state index contributed by atoms with van der Waals surface area (Å²) in [5.41, 5.74) is 2.09. The summed E-state index contributed by atoms with van der Waals surface area (Å²) in [7, 11) is 0. The summed E-state index contributed by atoms with van der Waals surface area (Å²) in [6, 6.07) is 14.4. The van der Waals surface area contributed by atoms with Crippen LogP contribution in [0, 0.1) is 5.82 Å². The summed E-state index contributed by atoms with van der Waals surface area (Å²) in [5.74, 6) is -0.0359. The van der Waals surface area contributed by atoms with Crippen molar-refractivity contribution in [3.05, 3.63) is 64.9 Å². The molecule has 1 heterocycles. The highest BCUT2D eigenvalue weighted by Crippen LogP contribution is 2.19. The number of hydrogen-bond donors (Lipinski definition) is 0. The van der Waals surface area contributed by atoms with Crippen LogP contribution in [0.1, 0.15) is 18.9 Å². The first-order valence-corrected chi connectivity index (χ1v) is 10.2. The van der Waals surface area contributed by atoms with Gasteiger partial charge >= 0.3 is 0 Å². The molecule has 0 radical (unpaired) electrons. The Morgan fingerprint density at radius 2 is 1.75 bits per heavy atom. The van der Waals surface area contributed by atoms with Crippen LogP contribution in [-0.2, 0) is 11.3 Å². The van der Waals surface area contributed by atoms with Crippen molar-refractivity contribution in [1.29, 1.82) is 0 Å². The summed E-state index contributed by atoms with van der Waals surface area (Å²) in [5, 5.41) is 0.768. The molecule has 0 aromatic heterocycles. The van der Waals surface area contributed by atoms with Crippen molar-refractivity contribution in [2.75, 3.05) is 44.2 Å². The first kappa shape index (κ1) is 20.6. The molecule has 6 heteroatoms. The van der Waals surface area contributed by atoms with E-state index in [1.807, 2.05) is 29.2 Å². The molecular weight excluding hydrogens is 377 g/mol. The summed E-state index contributed by atoms with van der Waals surface area (Å²) >= 11 is 6.26. The van der Waals surface area contributed by atoms with E-state index in [2.05, 4.69) is 16.7 Å². The third-order valence-electron chi connectivity index (χ3n) is 5.27. The number of carbonyl (C=O) groups is 1. The van der Waals surface area contributed by atoms with Crippen LogP contribution in [0.25, 0.3) is 0 Å². The number of benzene rings is 2. The molecule has 2 aromatic carbocycles. The van der Waals surface area contributed by atoms with Crippen LogP contribution in [0.5, 0.6) is 0 Å².